The second-order valence-corrected chi connectivity index (χ2v) is 4.02. The number of halogens is 3. The number of H-pyrrole nitrogens is 1. The summed E-state index contributed by atoms with van der Waals surface area (Å²) in [6.07, 6.45) is 0. The molecule has 0 aliphatic heterocycles. The van der Waals surface area contributed by atoms with Crippen LogP contribution in [0.1, 0.15) is 0 Å². The maximum Gasteiger partial charge on any atom is 0.194 e. The van der Waals surface area contributed by atoms with Crippen molar-refractivity contribution in [3.05, 3.63) is 59.9 Å². The summed E-state index contributed by atoms with van der Waals surface area (Å²) in [7, 11) is 0. The average molecular weight is 247 g/mol. The molecule has 0 atom stereocenters. The van der Waals surface area contributed by atoms with Gasteiger partial charge in [-0.15, -0.1) is 0 Å². The summed E-state index contributed by atoms with van der Waals surface area (Å²) in [4.78, 5) is 3.03. The van der Waals surface area contributed by atoms with Crippen LogP contribution in [0.2, 0.25) is 0 Å². The number of para-hydroxylation sites is 1. The smallest absolute Gasteiger partial charge is 0.194 e. The molecular weight excluding hydrogens is 239 g/mol. The molecule has 3 aromatic rings. The maximum atomic E-state index is 13.2. The first-order valence-corrected chi connectivity index (χ1v) is 5.38. The fourth-order valence-electron chi connectivity index (χ4n) is 1.94. The van der Waals surface area contributed by atoms with Gasteiger partial charge in [-0.05, 0) is 24.3 Å². The van der Waals surface area contributed by atoms with Crippen molar-refractivity contribution < 1.29 is 13.2 Å². The summed E-state index contributed by atoms with van der Waals surface area (Å²) < 4.78 is 39.2. The molecule has 0 amide bonds. The van der Waals surface area contributed by atoms with Gasteiger partial charge in [0.15, 0.2) is 17.5 Å². The van der Waals surface area contributed by atoms with Crippen molar-refractivity contribution in [2.75, 3.05) is 0 Å². The largest absolute Gasteiger partial charge is 0.355 e. The molecule has 18 heavy (non-hydrogen) atoms. The standard InChI is InChI=1S/C14H8F3N/c15-10-5-9(6-11(16)14(10)17)13-7-8-3-1-2-4-12(8)18-13/h1-7,18H. The third kappa shape index (κ3) is 1.66. The van der Waals surface area contributed by atoms with Gasteiger partial charge in [0.2, 0.25) is 0 Å². The number of hydrogen-bond donors (Lipinski definition) is 1. The molecule has 1 aromatic heterocycles. The van der Waals surface area contributed by atoms with E-state index in [0.717, 1.165) is 23.0 Å². The Morgan fingerprint density at radius 1 is 0.833 bits per heavy atom. The minimum absolute atomic E-state index is 0.280. The van der Waals surface area contributed by atoms with E-state index in [1.54, 1.807) is 6.07 Å². The summed E-state index contributed by atoms with van der Waals surface area (Å²) in [5.74, 6) is -3.83. The van der Waals surface area contributed by atoms with E-state index < -0.39 is 17.5 Å². The summed E-state index contributed by atoms with van der Waals surface area (Å²) >= 11 is 0. The fourth-order valence-corrected chi connectivity index (χ4v) is 1.94. The zero-order chi connectivity index (χ0) is 12.7. The summed E-state index contributed by atoms with van der Waals surface area (Å²) in [5.41, 5.74) is 1.69. The molecule has 3 rings (SSSR count). The third-order valence-corrected chi connectivity index (χ3v) is 2.82. The average Bonchev–Trinajstić information content (AvgIpc) is 2.79. The molecule has 0 radical (unpaired) electrons. The van der Waals surface area contributed by atoms with Gasteiger partial charge in [-0.1, -0.05) is 18.2 Å². The Labute approximate surface area is 101 Å². The zero-order valence-corrected chi connectivity index (χ0v) is 9.18. The predicted molar refractivity (Wildman–Crippen MR) is 63.6 cm³/mol. The molecule has 0 aliphatic carbocycles. The van der Waals surface area contributed by atoms with E-state index in [-0.39, 0.29) is 5.56 Å². The lowest BCUT2D eigenvalue weighted by atomic mass is 10.1. The first kappa shape index (κ1) is 10.9. The summed E-state index contributed by atoms with van der Waals surface area (Å²) in [6, 6.07) is 11.2. The normalized spacial score (nSPS) is 11.1. The van der Waals surface area contributed by atoms with Crippen LogP contribution in [-0.4, -0.2) is 4.98 Å². The van der Waals surface area contributed by atoms with E-state index >= 15 is 0 Å². The Bertz CT molecular complexity index is 675. The monoisotopic (exact) mass is 247 g/mol. The van der Waals surface area contributed by atoms with Gasteiger partial charge in [-0.25, -0.2) is 13.2 Å². The Hall–Kier alpha value is -2.23. The Balaban J connectivity index is 2.20. The van der Waals surface area contributed by atoms with Crippen molar-refractivity contribution in [2.24, 2.45) is 0 Å². The molecule has 4 heteroatoms. The highest BCUT2D eigenvalue weighted by atomic mass is 19.2. The highest BCUT2D eigenvalue weighted by Gasteiger charge is 2.12. The maximum absolute atomic E-state index is 13.2. The van der Waals surface area contributed by atoms with E-state index in [1.165, 1.54) is 0 Å². The van der Waals surface area contributed by atoms with Crippen LogP contribution in [-0.2, 0) is 0 Å². The molecule has 90 valence electrons. The van der Waals surface area contributed by atoms with Crippen LogP contribution in [0.5, 0.6) is 0 Å². The second-order valence-electron chi connectivity index (χ2n) is 4.02. The number of fused-ring (bicyclic) bond motifs is 1. The Kier molecular flexibility index (Phi) is 2.37. The van der Waals surface area contributed by atoms with Crippen molar-refractivity contribution in [1.82, 2.24) is 4.98 Å². The molecule has 0 saturated carbocycles. The van der Waals surface area contributed by atoms with Gasteiger partial charge in [0.1, 0.15) is 0 Å². The van der Waals surface area contributed by atoms with E-state index in [1.807, 2.05) is 24.3 Å². The Morgan fingerprint density at radius 2 is 1.50 bits per heavy atom. The minimum atomic E-state index is -1.45. The molecular formula is C14H8F3N. The van der Waals surface area contributed by atoms with Gasteiger partial charge in [-0.3, -0.25) is 0 Å². The van der Waals surface area contributed by atoms with E-state index in [4.69, 9.17) is 0 Å². The number of hydrogen-bond acceptors (Lipinski definition) is 0. The number of rotatable bonds is 1. The molecule has 0 fully saturated rings. The highest BCUT2D eigenvalue weighted by Crippen LogP contribution is 2.26. The third-order valence-electron chi connectivity index (χ3n) is 2.82. The van der Waals surface area contributed by atoms with E-state index in [0.29, 0.717) is 5.69 Å². The second kappa shape index (κ2) is 3.91. The van der Waals surface area contributed by atoms with E-state index in [2.05, 4.69) is 4.98 Å². The molecule has 2 aromatic carbocycles. The molecule has 0 spiro atoms. The summed E-state index contributed by atoms with van der Waals surface area (Å²) in [5, 5.41) is 0.928. The van der Waals surface area contributed by atoms with Gasteiger partial charge in [-0.2, -0.15) is 0 Å². The van der Waals surface area contributed by atoms with Crippen LogP contribution < -0.4 is 0 Å². The van der Waals surface area contributed by atoms with Crippen LogP contribution in [0.15, 0.2) is 42.5 Å². The molecule has 0 aliphatic rings. The first-order chi connectivity index (χ1) is 8.65. The van der Waals surface area contributed by atoms with Gasteiger partial charge >= 0.3 is 0 Å². The number of benzene rings is 2. The highest BCUT2D eigenvalue weighted by molar-refractivity contribution is 5.85. The van der Waals surface area contributed by atoms with Crippen LogP contribution in [0.3, 0.4) is 0 Å². The van der Waals surface area contributed by atoms with Crippen LogP contribution in [0.4, 0.5) is 13.2 Å². The van der Waals surface area contributed by atoms with Crippen molar-refractivity contribution in [2.45, 2.75) is 0 Å². The van der Waals surface area contributed by atoms with E-state index in [9.17, 15) is 13.2 Å². The molecule has 0 unspecified atom stereocenters. The first-order valence-electron chi connectivity index (χ1n) is 5.38. The van der Waals surface area contributed by atoms with Crippen molar-refractivity contribution in [3.63, 3.8) is 0 Å². The number of nitrogens with one attached hydrogen (secondary N) is 1. The van der Waals surface area contributed by atoms with Crippen molar-refractivity contribution >= 4 is 10.9 Å². The fraction of sp³-hybridized carbons (Fsp3) is 0. The minimum Gasteiger partial charge on any atom is -0.355 e. The lowest BCUT2D eigenvalue weighted by Gasteiger charge is -2.00. The van der Waals surface area contributed by atoms with Crippen molar-refractivity contribution in [3.8, 4) is 11.3 Å². The lowest BCUT2D eigenvalue weighted by Crippen LogP contribution is -1.91. The predicted octanol–water partition coefficient (Wildman–Crippen LogP) is 4.25. The molecule has 1 nitrogen and oxygen atoms in total. The van der Waals surface area contributed by atoms with Crippen LogP contribution in [0, 0.1) is 17.5 Å². The molecule has 1 N–H and O–H groups in total. The molecule has 0 saturated heterocycles. The Morgan fingerprint density at radius 3 is 2.17 bits per heavy atom. The molecule has 1 heterocycles. The van der Waals surface area contributed by atoms with Crippen LogP contribution >= 0.6 is 0 Å². The SMILES string of the molecule is Fc1cc(-c2cc3ccccc3[nH]2)cc(F)c1F. The zero-order valence-electron chi connectivity index (χ0n) is 9.18. The number of aromatic amines is 1. The van der Waals surface area contributed by atoms with Gasteiger partial charge in [0.05, 0.1) is 0 Å². The van der Waals surface area contributed by atoms with Gasteiger partial charge < -0.3 is 4.98 Å². The van der Waals surface area contributed by atoms with Gasteiger partial charge in [0.25, 0.3) is 0 Å². The quantitative estimate of drug-likeness (QED) is 0.619. The summed E-state index contributed by atoms with van der Waals surface area (Å²) in [6.45, 7) is 0. The van der Waals surface area contributed by atoms with Crippen molar-refractivity contribution in [1.29, 1.82) is 0 Å². The molecule has 0 bridgehead atoms. The topological polar surface area (TPSA) is 15.8 Å². The van der Waals surface area contributed by atoms with Gasteiger partial charge in [0, 0.05) is 22.2 Å². The lowest BCUT2D eigenvalue weighted by molar-refractivity contribution is 0.447. The number of aromatic nitrogens is 1. The van der Waals surface area contributed by atoms with Crippen LogP contribution in [0.25, 0.3) is 22.2 Å².